The average molecular weight is 294 g/mol. The average Bonchev–Trinajstić information content (AvgIpc) is 2.84. The Morgan fingerprint density at radius 3 is 2.95 bits per heavy atom. The van der Waals surface area contributed by atoms with E-state index in [0.717, 1.165) is 17.7 Å². The maximum Gasteiger partial charge on any atom is 0.261 e. The molecule has 0 aromatic heterocycles. The Labute approximate surface area is 124 Å². The number of hydrogen-bond donors (Lipinski definition) is 1. The zero-order valence-electron chi connectivity index (χ0n) is 11.7. The van der Waals surface area contributed by atoms with Gasteiger partial charge in [-0.3, -0.25) is 4.79 Å². The van der Waals surface area contributed by atoms with Crippen molar-refractivity contribution >= 4 is 17.5 Å². The fourth-order valence-electron chi connectivity index (χ4n) is 3.17. The molecule has 108 valence electrons. The fourth-order valence-corrected chi connectivity index (χ4v) is 3.36. The highest BCUT2D eigenvalue weighted by atomic mass is 35.5. The zero-order valence-corrected chi connectivity index (χ0v) is 12.5. The molecule has 3 rings (SSSR count). The number of ether oxygens (including phenoxy) is 1. The Bertz CT molecular complexity index is 517. The van der Waals surface area contributed by atoms with Crippen LogP contribution < -0.4 is 10.1 Å². The lowest BCUT2D eigenvalue weighted by Gasteiger charge is -2.30. The Balaban J connectivity index is 1.62. The second-order valence-corrected chi connectivity index (χ2v) is 6.38. The highest BCUT2D eigenvalue weighted by Crippen LogP contribution is 2.31. The van der Waals surface area contributed by atoms with E-state index in [2.05, 4.69) is 12.2 Å². The maximum atomic E-state index is 12.3. The van der Waals surface area contributed by atoms with E-state index in [9.17, 15) is 4.79 Å². The van der Waals surface area contributed by atoms with Crippen molar-refractivity contribution in [2.75, 3.05) is 0 Å². The molecule has 1 fully saturated rings. The SMILES string of the molecule is C[C@@H]1CCCC[C@H]1NC(=O)[C@@H]1Cc2cc(Cl)ccc2O1. The van der Waals surface area contributed by atoms with Crippen molar-refractivity contribution in [3.05, 3.63) is 28.8 Å². The number of halogens is 1. The van der Waals surface area contributed by atoms with Crippen LogP contribution in [-0.4, -0.2) is 18.1 Å². The predicted octanol–water partition coefficient (Wildman–Crippen LogP) is 3.34. The standard InChI is InChI=1S/C16H20ClNO2/c1-10-4-2-3-5-13(10)18-16(19)15-9-11-8-12(17)6-7-14(11)20-15/h6-8,10,13,15H,2-5,9H2,1H3,(H,18,19)/t10-,13-,15+/m1/s1. The molecule has 1 saturated carbocycles. The minimum atomic E-state index is -0.405. The zero-order chi connectivity index (χ0) is 14.1. The predicted molar refractivity (Wildman–Crippen MR) is 79.1 cm³/mol. The molecule has 1 aliphatic heterocycles. The molecule has 0 unspecified atom stereocenters. The Hall–Kier alpha value is -1.22. The molecule has 3 atom stereocenters. The van der Waals surface area contributed by atoms with Crippen LogP contribution in [0.2, 0.25) is 5.02 Å². The summed E-state index contributed by atoms with van der Waals surface area (Å²) >= 11 is 5.97. The molecule has 1 aromatic rings. The summed E-state index contributed by atoms with van der Waals surface area (Å²) in [6, 6.07) is 5.82. The van der Waals surface area contributed by atoms with Crippen molar-refractivity contribution in [1.82, 2.24) is 5.32 Å². The van der Waals surface area contributed by atoms with E-state index >= 15 is 0 Å². The highest BCUT2D eigenvalue weighted by molar-refractivity contribution is 6.30. The van der Waals surface area contributed by atoms with Crippen LogP contribution in [0, 0.1) is 5.92 Å². The van der Waals surface area contributed by atoms with Gasteiger partial charge in [0.1, 0.15) is 5.75 Å². The molecule has 1 aromatic carbocycles. The smallest absolute Gasteiger partial charge is 0.261 e. The third-order valence-electron chi connectivity index (χ3n) is 4.43. The van der Waals surface area contributed by atoms with Crippen LogP contribution in [0.4, 0.5) is 0 Å². The number of amides is 1. The summed E-state index contributed by atoms with van der Waals surface area (Å²) in [5.41, 5.74) is 1.02. The summed E-state index contributed by atoms with van der Waals surface area (Å²) in [6.45, 7) is 2.22. The summed E-state index contributed by atoms with van der Waals surface area (Å²) in [7, 11) is 0. The van der Waals surface area contributed by atoms with Crippen molar-refractivity contribution in [3.8, 4) is 5.75 Å². The molecular formula is C16H20ClNO2. The summed E-state index contributed by atoms with van der Waals surface area (Å²) in [6.07, 6.45) is 4.97. The topological polar surface area (TPSA) is 38.3 Å². The van der Waals surface area contributed by atoms with Crippen LogP contribution in [0.5, 0.6) is 5.75 Å². The first-order chi connectivity index (χ1) is 9.63. The van der Waals surface area contributed by atoms with E-state index in [1.807, 2.05) is 12.1 Å². The van der Waals surface area contributed by atoms with Crippen LogP contribution in [0.1, 0.15) is 38.2 Å². The third-order valence-corrected chi connectivity index (χ3v) is 4.66. The van der Waals surface area contributed by atoms with Gasteiger partial charge in [0.25, 0.3) is 5.91 Å². The molecule has 0 bridgehead atoms. The molecule has 1 aliphatic carbocycles. The second-order valence-electron chi connectivity index (χ2n) is 5.94. The van der Waals surface area contributed by atoms with Gasteiger partial charge < -0.3 is 10.1 Å². The third kappa shape index (κ3) is 2.78. The molecule has 0 saturated heterocycles. The molecule has 20 heavy (non-hydrogen) atoms. The summed E-state index contributed by atoms with van der Waals surface area (Å²) in [4.78, 5) is 12.3. The van der Waals surface area contributed by atoms with Crippen molar-refractivity contribution < 1.29 is 9.53 Å². The first-order valence-corrected chi connectivity index (χ1v) is 7.77. The highest BCUT2D eigenvalue weighted by Gasteiger charge is 2.32. The number of nitrogens with one attached hydrogen (secondary N) is 1. The molecular weight excluding hydrogens is 274 g/mol. The molecule has 0 spiro atoms. The maximum absolute atomic E-state index is 12.3. The first kappa shape index (κ1) is 13.7. The number of benzene rings is 1. The molecule has 2 aliphatic rings. The van der Waals surface area contributed by atoms with Crippen LogP contribution in [-0.2, 0) is 11.2 Å². The molecule has 1 heterocycles. The van der Waals surface area contributed by atoms with Gasteiger partial charge in [-0.05, 0) is 42.5 Å². The lowest BCUT2D eigenvalue weighted by atomic mass is 9.86. The van der Waals surface area contributed by atoms with Gasteiger partial charge in [-0.25, -0.2) is 0 Å². The number of carbonyl (C=O) groups is 1. The van der Waals surface area contributed by atoms with Gasteiger partial charge in [-0.1, -0.05) is 31.4 Å². The van der Waals surface area contributed by atoms with Gasteiger partial charge in [0.05, 0.1) is 0 Å². The second kappa shape index (κ2) is 5.65. The van der Waals surface area contributed by atoms with Crippen molar-refractivity contribution in [1.29, 1.82) is 0 Å². The van der Waals surface area contributed by atoms with Crippen LogP contribution in [0.3, 0.4) is 0 Å². The van der Waals surface area contributed by atoms with E-state index in [-0.39, 0.29) is 5.91 Å². The van der Waals surface area contributed by atoms with Crippen molar-refractivity contribution in [2.45, 2.75) is 51.2 Å². The van der Waals surface area contributed by atoms with Gasteiger partial charge in [-0.2, -0.15) is 0 Å². The lowest BCUT2D eigenvalue weighted by molar-refractivity contribution is -0.128. The summed E-state index contributed by atoms with van der Waals surface area (Å²) < 4.78 is 5.73. The van der Waals surface area contributed by atoms with Gasteiger partial charge in [0, 0.05) is 17.5 Å². The van der Waals surface area contributed by atoms with Crippen molar-refractivity contribution in [3.63, 3.8) is 0 Å². The first-order valence-electron chi connectivity index (χ1n) is 7.39. The normalized spacial score (nSPS) is 28.6. The number of hydrogen-bond acceptors (Lipinski definition) is 2. The molecule has 3 nitrogen and oxygen atoms in total. The van der Waals surface area contributed by atoms with Gasteiger partial charge in [0.2, 0.25) is 0 Å². The fraction of sp³-hybridized carbons (Fsp3) is 0.562. The molecule has 0 radical (unpaired) electrons. The van der Waals surface area contributed by atoms with E-state index in [1.54, 1.807) is 6.07 Å². The minimum Gasteiger partial charge on any atom is -0.480 e. The van der Waals surface area contributed by atoms with E-state index in [4.69, 9.17) is 16.3 Å². The van der Waals surface area contributed by atoms with Gasteiger partial charge in [-0.15, -0.1) is 0 Å². The lowest BCUT2D eigenvalue weighted by Crippen LogP contribution is -2.46. The minimum absolute atomic E-state index is 0.0103. The number of fused-ring (bicyclic) bond motifs is 1. The quantitative estimate of drug-likeness (QED) is 0.908. The summed E-state index contributed by atoms with van der Waals surface area (Å²) in [5.74, 6) is 1.35. The van der Waals surface area contributed by atoms with E-state index in [0.29, 0.717) is 23.4 Å². The van der Waals surface area contributed by atoms with E-state index in [1.165, 1.54) is 19.3 Å². The van der Waals surface area contributed by atoms with Gasteiger partial charge >= 0.3 is 0 Å². The molecule has 1 amide bonds. The number of rotatable bonds is 2. The monoisotopic (exact) mass is 293 g/mol. The van der Waals surface area contributed by atoms with E-state index < -0.39 is 6.10 Å². The number of carbonyl (C=O) groups excluding carboxylic acids is 1. The Morgan fingerprint density at radius 2 is 2.15 bits per heavy atom. The summed E-state index contributed by atoms with van der Waals surface area (Å²) in [5, 5.41) is 3.85. The Kier molecular flexibility index (Phi) is 3.88. The molecule has 4 heteroatoms. The largest absolute Gasteiger partial charge is 0.480 e. The van der Waals surface area contributed by atoms with Crippen molar-refractivity contribution in [2.24, 2.45) is 5.92 Å². The van der Waals surface area contributed by atoms with Crippen LogP contribution >= 0.6 is 11.6 Å². The Morgan fingerprint density at radius 1 is 1.35 bits per heavy atom. The molecule has 1 N–H and O–H groups in total. The van der Waals surface area contributed by atoms with Gasteiger partial charge in [0.15, 0.2) is 6.10 Å². The van der Waals surface area contributed by atoms with Crippen LogP contribution in [0.15, 0.2) is 18.2 Å². The van der Waals surface area contributed by atoms with Crippen LogP contribution in [0.25, 0.3) is 0 Å².